The van der Waals surface area contributed by atoms with E-state index in [9.17, 15) is 9.18 Å². The van der Waals surface area contributed by atoms with Crippen LogP contribution in [0.25, 0.3) is 0 Å². The third-order valence-electron chi connectivity index (χ3n) is 3.93. The molecule has 2 aromatic rings. The maximum Gasteiger partial charge on any atom is 0.322 e. The first kappa shape index (κ1) is 16.9. The molecule has 1 aliphatic rings. The minimum Gasteiger partial charge on any atom is -0.492 e. The Morgan fingerprint density at radius 1 is 1.28 bits per heavy atom. The highest BCUT2D eigenvalue weighted by atomic mass is 19.1. The SMILES string of the molecule is CCOc1cc(F)ccc1NC(=O)N1CCN(c2cnccn2)CC1. The van der Waals surface area contributed by atoms with Crippen molar-refractivity contribution in [2.45, 2.75) is 6.92 Å². The number of hydrogen-bond acceptors (Lipinski definition) is 5. The van der Waals surface area contributed by atoms with Crippen LogP contribution in [-0.2, 0) is 0 Å². The van der Waals surface area contributed by atoms with Gasteiger partial charge in [0, 0.05) is 44.6 Å². The summed E-state index contributed by atoms with van der Waals surface area (Å²) in [5.41, 5.74) is 0.463. The molecule has 7 nitrogen and oxygen atoms in total. The molecule has 2 amide bonds. The lowest BCUT2D eigenvalue weighted by Crippen LogP contribution is -2.50. The van der Waals surface area contributed by atoms with Gasteiger partial charge in [-0.2, -0.15) is 0 Å². The van der Waals surface area contributed by atoms with Crippen LogP contribution in [0.5, 0.6) is 5.75 Å². The fraction of sp³-hybridized carbons (Fsp3) is 0.353. The maximum absolute atomic E-state index is 13.3. The van der Waals surface area contributed by atoms with Crippen LogP contribution >= 0.6 is 0 Å². The molecule has 1 aromatic heterocycles. The highest BCUT2D eigenvalue weighted by molar-refractivity contribution is 5.91. The van der Waals surface area contributed by atoms with Gasteiger partial charge in [0.15, 0.2) is 0 Å². The van der Waals surface area contributed by atoms with E-state index in [4.69, 9.17) is 4.74 Å². The summed E-state index contributed by atoms with van der Waals surface area (Å²) >= 11 is 0. The smallest absolute Gasteiger partial charge is 0.322 e. The average molecular weight is 345 g/mol. The van der Waals surface area contributed by atoms with Crippen molar-refractivity contribution >= 4 is 17.5 Å². The number of aromatic nitrogens is 2. The number of rotatable bonds is 4. The summed E-state index contributed by atoms with van der Waals surface area (Å²) in [7, 11) is 0. The number of hydrogen-bond donors (Lipinski definition) is 1. The number of carbonyl (C=O) groups excluding carboxylic acids is 1. The van der Waals surface area contributed by atoms with Gasteiger partial charge in [-0.25, -0.2) is 14.2 Å². The van der Waals surface area contributed by atoms with E-state index in [1.165, 1.54) is 18.2 Å². The predicted molar refractivity (Wildman–Crippen MR) is 92.4 cm³/mol. The highest BCUT2D eigenvalue weighted by Gasteiger charge is 2.22. The molecule has 0 unspecified atom stereocenters. The summed E-state index contributed by atoms with van der Waals surface area (Å²) in [6.07, 6.45) is 4.99. The number of anilines is 2. The first-order valence-electron chi connectivity index (χ1n) is 8.16. The molecular formula is C17H20FN5O2. The lowest BCUT2D eigenvalue weighted by Gasteiger charge is -2.35. The Hall–Kier alpha value is -2.90. The molecule has 1 saturated heterocycles. The van der Waals surface area contributed by atoms with Crippen molar-refractivity contribution < 1.29 is 13.9 Å². The number of ether oxygens (including phenoxy) is 1. The first-order valence-corrected chi connectivity index (χ1v) is 8.16. The number of nitrogens with one attached hydrogen (secondary N) is 1. The van der Waals surface area contributed by atoms with Crippen LogP contribution in [0, 0.1) is 5.82 Å². The summed E-state index contributed by atoms with van der Waals surface area (Å²) in [6, 6.07) is 3.84. The van der Waals surface area contributed by atoms with Gasteiger partial charge in [-0.05, 0) is 19.1 Å². The van der Waals surface area contributed by atoms with Crippen LogP contribution in [0.2, 0.25) is 0 Å². The summed E-state index contributed by atoms with van der Waals surface area (Å²) in [5, 5.41) is 2.80. The second kappa shape index (κ2) is 7.78. The van der Waals surface area contributed by atoms with Crippen molar-refractivity contribution in [2.75, 3.05) is 43.0 Å². The molecule has 0 radical (unpaired) electrons. The van der Waals surface area contributed by atoms with E-state index in [1.54, 1.807) is 23.5 Å². The summed E-state index contributed by atoms with van der Waals surface area (Å²) in [6.45, 7) is 4.67. The molecular weight excluding hydrogens is 325 g/mol. The van der Waals surface area contributed by atoms with Crippen LogP contribution in [0.3, 0.4) is 0 Å². The molecule has 132 valence electrons. The van der Waals surface area contributed by atoms with E-state index in [0.717, 1.165) is 5.82 Å². The number of nitrogens with zero attached hydrogens (tertiary/aromatic N) is 4. The van der Waals surface area contributed by atoms with Gasteiger partial charge in [-0.15, -0.1) is 0 Å². The Labute approximate surface area is 145 Å². The summed E-state index contributed by atoms with van der Waals surface area (Å²) in [5.74, 6) is 0.729. The van der Waals surface area contributed by atoms with Crippen LogP contribution in [0.4, 0.5) is 20.7 Å². The number of benzene rings is 1. The van der Waals surface area contributed by atoms with Crippen molar-refractivity contribution in [3.05, 3.63) is 42.6 Å². The normalized spacial score (nSPS) is 14.3. The average Bonchev–Trinajstić information content (AvgIpc) is 2.65. The topological polar surface area (TPSA) is 70.6 Å². The number of carbonyl (C=O) groups is 1. The number of amides is 2. The monoisotopic (exact) mass is 345 g/mol. The standard InChI is InChI=1S/C17H20FN5O2/c1-2-25-15-11-13(18)3-4-14(15)21-17(24)23-9-7-22(8-10-23)16-12-19-5-6-20-16/h3-6,11-12H,2,7-10H2,1H3,(H,21,24). The zero-order valence-electron chi connectivity index (χ0n) is 14.0. The molecule has 0 bridgehead atoms. The molecule has 1 fully saturated rings. The van der Waals surface area contributed by atoms with E-state index < -0.39 is 5.82 Å². The van der Waals surface area contributed by atoms with Gasteiger partial charge in [-0.3, -0.25) is 4.98 Å². The fourth-order valence-electron chi connectivity index (χ4n) is 2.66. The van der Waals surface area contributed by atoms with Crippen LogP contribution in [-0.4, -0.2) is 53.7 Å². The largest absolute Gasteiger partial charge is 0.492 e. The molecule has 0 spiro atoms. The second-order valence-corrected chi connectivity index (χ2v) is 5.54. The van der Waals surface area contributed by atoms with Crippen molar-refractivity contribution in [1.29, 1.82) is 0 Å². The Morgan fingerprint density at radius 3 is 2.76 bits per heavy atom. The fourth-order valence-corrected chi connectivity index (χ4v) is 2.66. The van der Waals surface area contributed by atoms with Gasteiger partial charge in [0.1, 0.15) is 17.4 Å². The predicted octanol–water partition coefficient (Wildman–Crippen LogP) is 2.37. The molecule has 0 saturated carbocycles. The molecule has 0 atom stereocenters. The maximum atomic E-state index is 13.3. The Morgan fingerprint density at radius 2 is 2.08 bits per heavy atom. The third kappa shape index (κ3) is 4.14. The Kier molecular flexibility index (Phi) is 5.27. The van der Waals surface area contributed by atoms with Gasteiger partial charge < -0.3 is 19.9 Å². The number of halogens is 1. The molecule has 8 heteroatoms. The van der Waals surface area contributed by atoms with Gasteiger partial charge >= 0.3 is 6.03 Å². The molecule has 1 N–H and O–H groups in total. The molecule has 3 rings (SSSR count). The summed E-state index contributed by atoms with van der Waals surface area (Å²) < 4.78 is 18.7. The lowest BCUT2D eigenvalue weighted by atomic mass is 10.2. The van der Waals surface area contributed by atoms with E-state index >= 15 is 0 Å². The van der Waals surface area contributed by atoms with Crippen LogP contribution in [0.15, 0.2) is 36.8 Å². The van der Waals surface area contributed by atoms with E-state index in [2.05, 4.69) is 20.2 Å². The second-order valence-electron chi connectivity index (χ2n) is 5.54. The molecule has 2 heterocycles. The van der Waals surface area contributed by atoms with Gasteiger partial charge in [0.05, 0.1) is 18.5 Å². The van der Waals surface area contributed by atoms with Gasteiger partial charge in [-0.1, -0.05) is 0 Å². The van der Waals surface area contributed by atoms with Crippen molar-refractivity contribution in [3.63, 3.8) is 0 Å². The molecule has 25 heavy (non-hydrogen) atoms. The van der Waals surface area contributed by atoms with Gasteiger partial charge in [0.25, 0.3) is 0 Å². The van der Waals surface area contributed by atoms with Crippen molar-refractivity contribution in [3.8, 4) is 5.75 Å². The third-order valence-corrected chi connectivity index (χ3v) is 3.93. The first-order chi connectivity index (χ1) is 12.2. The van der Waals surface area contributed by atoms with E-state index in [0.29, 0.717) is 44.2 Å². The van der Waals surface area contributed by atoms with Gasteiger partial charge in [0.2, 0.25) is 0 Å². The number of piperazine rings is 1. The molecule has 0 aliphatic carbocycles. The summed E-state index contributed by atoms with van der Waals surface area (Å²) in [4.78, 5) is 24.6. The van der Waals surface area contributed by atoms with Crippen LogP contribution in [0.1, 0.15) is 6.92 Å². The lowest BCUT2D eigenvalue weighted by molar-refractivity contribution is 0.208. The molecule has 1 aliphatic heterocycles. The number of urea groups is 1. The Balaban J connectivity index is 1.60. The zero-order valence-corrected chi connectivity index (χ0v) is 14.0. The van der Waals surface area contributed by atoms with Crippen molar-refractivity contribution in [1.82, 2.24) is 14.9 Å². The minimum absolute atomic E-state index is 0.230. The Bertz CT molecular complexity index is 720. The quantitative estimate of drug-likeness (QED) is 0.921. The highest BCUT2D eigenvalue weighted by Crippen LogP contribution is 2.26. The molecule has 1 aromatic carbocycles. The van der Waals surface area contributed by atoms with Crippen molar-refractivity contribution in [2.24, 2.45) is 0 Å². The van der Waals surface area contributed by atoms with Crippen LogP contribution < -0.4 is 15.0 Å². The zero-order chi connectivity index (χ0) is 17.6. The van der Waals surface area contributed by atoms with E-state index in [-0.39, 0.29) is 6.03 Å². The minimum atomic E-state index is -0.404. The van der Waals surface area contributed by atoms with E-state index in [1.807, 2.05) is 6.92 Å².